The lowest BCUT2D eigenvalue weighted by molar-refractivity contribution is 0.371. The van der Waals surface area contributed by atoms with Crippen LogP contribution >= 0.6 is 11.8 Å². The van der Waals surface area contributed by atoms with Crippen LogP contribution in [0.5, 0.6) is 0 Å². The second kappa shape index (κ2) is 6.79. The molecule has 5 heteroatoms. The summed E-state index contributed by atoms with van der Waals surface area (Å²) in [5.74, 6) is 2.87. The monoisotopic (exact) mass is 289 g/mol. The Hall–Kier alpha value is -1.49. The van der Waals surface area contributed by atoms with Gasteiger partial charge in [-0.3, -0.25) is 0 Å². The minimum Gasteiger partial charge on any atom is -0.385 e. The number of thioether (sulfide) groups is 1. The summed E-state index contributed by atoms with van der Waals surface area (Å²) in [6.45, 7) is 0.917. The van der Waals surface area contributed by atoms with Crippen LogP contribution in [0.3, 0.4) is 0 Å². The molecule has 0 bridgehead atoms. The zero-order valence-corrected chi connectivity index (χ0v) is 12.2. The van der Waals surface area contributed by atoms with Crippen molar-refractivity contribution in [3.63, 3.8) is 0 Å². The standard InChI is InChI=1S/C15H19N3OS/c1-2-6-12(7-3-1)16-10-4-9-14-17-15(18-19-14)13-8-5-11-20-13/h1-3,6-7,13,16H,4-5,8-11H2. The van der Waals surface area contributed by atoms with Gasteiger partial charge in [-0.15, -0.1) is 0 Å². The molecule has 0 spiro atoms. The lowest BCUT2D eigenvalue weighted by Crippen LogP contribution is -2.03. The van der Waals surface area contributed by atoms with Crippen LogP contribution in [0, 0.1) is 0 Å². The van der Waals surface area contributed by atoms with E-state index in [2.05, 4.69) is 27.6 Å². The molecule has 1 unspecified atom stereocenters. The maximum absolute atomic E-state index is 5.33. The number of rotatable bonds is 6. The Morgan fingerprint density at radius 2 is 2.20 bits per heavy atom. The Balaban J connectivity index is 1.42. The quantitative estimate of drug-likeness (QED) is 0.822. The van der Waals surface area contributed by atoms with Crippen molar-refractivity contribution in [1.82, 2.24) is 10.1 Å². The van der Waals surface area contributed by atoms with E-state index in [-0.39, 0.29) is 0 Å². The Bertz CT molecular complexity index is 523. The van der Waals surface area contributed by atoms with Crippen LogP contribution in [-0.2, 0) is 6.42 Å². The fourth-order valence-electron chi connectivity index (χ4n) is 2.31. The van der Waals surface area contributed by atoms with Gasteiger partial charge in [0.25, 0.3) is 0 Å². The summed E-state index contributed by atoms with van der Waals surface area (Å²) >= 11 is 1.94. The van der Waals surface area contributed by atoms with E-state index in [0.717, 1.165) is 36.8 Å². The lowest BCUT2D eigenvalue weighted by Gasteiger charge is -2.04. The number of para-hydroxylation sites is 1. The van der Waals surface area contributed by atoms with Crippen LogP contribution in [0.1, 0.15) is 36.2 Å². The van der Waals surface area contributed by atoms with Gasteiger partial charge >= 0.3 is 0 Å². The van der Waals surface area contributed by atoms with E-state index in [9.17, 15) is 0 Å². The highest BCUT2D eigenvalue weighted by Crippen LogP contribution is 2.38. The van der Waals surface area contributed by atoms with Gasteiger partial charge in [0.1, 0.15) is 0 Å². The molecule has 106 valence electrons. The number of aromatic nitrogens is 2. The van der Waals surface area contributed by atoms with Gasteiger partial charge in [-0.05, 0) is 37.1 Å². The highest BCUT2D eigenvalue weighted by molar-refractivity contribution is 7.99. The molecule has 1 aliphatic heterocycles. The van der Waals surface area contributed by atoms with Gasteiger partial charge in [-0.2, -0.15) is 16.7 Å². The maximum Gasteiger partial charge on any atom is 0.226 e. The predicted molar refractivity (Wildman–Crippen MR) is 82.0 cm³/mol. The van der Waals surface area contributed by atoms with Crippen LogP contribution in [0.25, 0.3) is 0 Å². The van der Waals surface area contributed by atoms with Crippen molar-refractivity contribution in [2.45, 2.75) is 30.9 Å². The molecule has 20 heavy (non-hydrogen) atoms. The highest BCUT2D eigenvalue weighted by Gasteiger charge is 2.22. The number of benzene rings is 1. The molecule has 3 rings (SSSR count). The molecule has 0 aliphatic carbocycles. The number of nitrogens with one attached hydrogen (secondary N) is 1. The highest BCUT2D eigenvalue weighted by atomic mass is 32.2. The van der Waals surface area contributed by atoms with E-state index >= 15 is 0 Å². The second-order valence-corrected chi connectivity index (χ2v) is 6.25. The van der Waals surface area contributed by atoms with Crippen LogP contribution in [0.15, 0.2) is 34.9 Å². The van der Waals surface area contributed by atoms with Crippen molar-refractivity contribution in [2.24, 2.45) is 0 Å². The lowest BCUT2D eigenvalue weighted by atomic mass is 10.2. The summed E-state index contributed by atoms with van der Waals surface area (Å²) in [5, 5.41) is 7.94. The molecule has 1 fully saturated rings. The first-order valence-corrected chi connectivity index (χ1v) is 8.20. The smallest absolute Gasteiger partial charge is 0.226 e. The minimum atomic E-state index is 0.454. The molecule has 2 aromatic rings. The summed E-state index contributed by atoms with van der Waals surface area (Å²) in [7, 11) is 0. The Labute approximate surface area is 123 Å². The number of nitrogens with zero attached hydrogens (tertiary/aromatic N) is 2. The first-order valence-electron chi connectivity index (χ1n) is 7.15. The SMILES string of the molecule is c1ccc(NCCCc2nc(C3CCCS3)no2)cc1. The van der Waals surface area contributed by atoms with E-state index in [1.165, 1.54) is 18.6 Å². The average Bonchev–Trinajstić information content (AvgIpc) is 3.15. The van der Waals surface area contributed by atoms with E-state index in [4.69, 9.17) is 4.52 Å². The van der Waals surface area contributed by atoms with Crippen molar-refractivity contribution in [3.8, 4) is 0 Å². The van der Waals surface area contributed by atoms with Crippen molar-refractivity contribution >= 4 is 17.4 Å². The molecule has 1 N–H and O–H groups in total. The van der Waals surface area contributed by atoms with Crippen molar-refractivity contribution < 1.29 is 4.52 Å². The number of hydrogen-bond acceptors (Lipinski definition) is 5. The first kappa shape index (κ1) is 13.5. The fourth-order valence-corrected chi connectivity index (χ4v) is 3.51. The zero-order chi connectivity index (χ0) is 13.6. The van der Waals surface area contributed by atoms with Gasteiger partial charge in [0, 0.05) is 18.7 Å². The van der Waals surface area contributed by atoms with Crippen LogP contribution < -0.4 is 5.32 Å². The molecule has 2 heterocycles. The van der Waals surface area contributed by atoms with Crippen molar-refractivity contribution in [1.29, 1.82) is 0 Å². The third-order valence-electron chi connectivity index (χ3n) is 3.37. The Morgan fingerprint density at radius 3 is 3.00 bits per heavy atom. The molecular formula is C15H19N3OS. The summed E-state index contributed by atoms with van der Waals surface area (Å²) in [5.41, 5.74) is 1.15. The number of anilines is 1. The number of aryl methyl sites for hydroxylation is 1. The fraction of sp³-hybridized carbons (Fsp3) is 0.467. The van der Waals surface area contributed by atoms with E-state index in [1.54, 1.807) is 0 Å². The van der Waals surface area contributed by atoms with Gasteiger partial charge < -0.3 is 9.84 Å². The summed E-state index contributed by atoms with van der Waals surface area (Å²) in [6.07, 6.45) is 4.28. The average molecular weight is 289 g/mol. The second-order valence-electron chi connectivity index (χ2n) is 4.94. The number of hydrogen-bond donors (Lipinski definition) is 1. The molecule has 4 nitrogen and oxygen atoms in total. The molecule has 1 saturated heterocycles. The molecule has 1 aromatic heterocycles. The van der Waals surface area contributed by atoms with E-state index in [0.29, 0.717) is 5.25 Å². The molecule has 0 saturated carbocycles. The predicted octanol–water partition coefficient (Wildman–Crippen LogP) is 3.68. The van der Waals surface area contributed by atoms with Crippen molar-refractivity contribution in [3.05, 3.63) is 42.0 Å². The molecule has 1 aliphatic rings. The largest absolute Gasteiger partial charge is 0.385 e. The van der Waals surface area contributed by atoms with Gasteiger partial charge in [0.05, 0.1) is 5.25 Å². The zero-order valence-electron chi connectivity index (χ0n) is 11.4. The normalized spacial score (nSPS) is 18.3. The summed E-state index contributed by atoms with van der Waals surface area (Å²) in [6, 6.07) is 10.2. The molecule has 1 atom stereocenters. The van der Waals surface area contributed by atoms with Crippen molar-refractivity contribution in [2.75, 3.05) is 17.6 Å². The van der Waals surface area contributed by atoms with E-state index in [1.807, 2.05) is 30.0 Å². The summed E-state index contributed by atoms with van der Waals surface area (Å²) < 4.78 is 5.33. The van der Waals surface area contributed by atoms with Gasteiger partial charge in [0.2, 0.25) is 5.89 Å². The van der Waals surface area contributed by atoms with Crippen LogP contribution in [-0.4, -0.2) is 22.4 Å². The maximum atomic E-state index is 5.33. The van der Waals surface area contributed by atoms with Crippen LogP contribution in [0.4, 0.5) is 5.69 Å². The van der Waals surface area contributed by atoms with Crippen LogP contribution in [0.2, 0.25) is 0 Å². The Kier molecular flexibility index (Phi) is 4.58. The Morgan fingerprint density at radius 1 is 1.30 bits per heavy atom. The third kappa shape index (κ3) is 3.54. The van der Waals surface area contributed by atoms with Gasteiger partial charge in [-0.25, -0.2) is 0 Å². The molecular weight excluding hydrogens is 270 g/mol. The molecule has 0 radical (unpaired) electrons. The first-order chi connectivity index (χ1) is 9.92. The van der Waals surface area contributed by atoms with Gasteiger partial charge in [0.15, 0.2) is 5.82 Å². The third-order valence-corrected chi connectivity index (χ3v) is 4.75. The van der Waals surface area contributed by atoms with E-state index < -0.39 is 0 Å². The topological polar surface area (TPSA) is 51.0 Å². The summed E-state index contributed by atoms with van der Waals surface area (Å²) in [4.78, 5) is 4.51. The minimum absolute atomic E-state index is 0.454. The molecule has 0 amide bonds. The molecule has 1 aromatic carbocycles. The van der Waals surface area contributed by atoms with Gasteiger partial charge in [-0.1, -0.05) is 23.4 Å².